The minimum absolute atomic E-state index is 0.0145. The van der Waals surface area contributed by atoms with Gasteiger partial charge in [-0.05, 0) is 19.4 Å². The van der Waals surface area contributed by atoms with E-state index < -0.39 is 44.6 Å². The number of halogens is 3. The van der Waals surface area contributed by atoms with Crippen LogP contribution in [0.25, 0.3) is 10.1 Å². The van der Waals surface area contributed by atoms with Gasteiger partial charge in [-0.15, -0.1) is 0 Å². The smallest absolute Gasteiger partial charge is 0.348 e. The van der Waals surface area contributed by atoms with Crippen molar-refractivity contribution in [3.8, 4) is 0 Å². The van der Waals surface area contributed by atoms with Crippen LogP contribution in [0.15, 0.2) is 10.9 Å². The third kappa shape index (κ3) is 3.87. The number of piperidine rings is 1. The second kappa shape index (κ2) is 7.68. The van der Waals surface area contributed by atoms with E-state index in [1.807, 2.05) is 6.92 Å². The Morgan fingerprint density at radius 1 is 1.39 bits per heavy atom. The lowest BCUT2D eigenvalue weighted by Gasteiger charge is -2.38. The lowest BCUT2D eigenvalue weighted by Crippen LogP contribution is -2.45. The maximum atomic E-state index is 13.5. The summed E-state index contributed by atoms with van der Waals surface area (Å²) in [6.07, 6.45) is -3.99. The van der Waals surface area contributed by atoms with E-state index in [-0.39, 0.29) is 22.4 Å². The van der Waals surface area contributed by atoms with E-state index in [1.54, 1.807) is 4.90 Å². The van der Waals surface area contributed by atoms with Gasteiger partial charge in [0.25, 0.3) is 11.2 Å². The molecule has 2 fully saturated rings. The van der Waals surface area contributed by atoms with Crippen molar-refractivity contribution in [2.75, 3.05) is 24.6 Å². The van der Waals surface area contributed by atoms with Crippen molar-refractivity contribution in [1.29, 1.82) is 0 Å². The number of hydrogen-bond donors (Lipinski definition) is 0. The third-order valence-corrected chi connectivity index (χ3v) is 6.76. The van der Waals surface area contributed by atoms with E-state index in [9.17, 15) is 28.1 Å². The Hall–Kier alpha value is -2.31. The van der Waals surface area contributed by atoms with Gasteiger partial charge in [-0.3, -0.25) is 14.9 Å². The number of benzene rings is 1. The quantitative estimate of drug-likeness (QED) is 0.508. The second-order valence-electron chi connectivity index (χ2n) is 7.68. The van der Waals surface area contributed by atoms with Gasteiger partial charge in [0, 0.05) is 31.5 Å². The summed E-state index contributed by atoms with van der Waals surface area (Å²) < 4.78 is 52.1. The van der Waals surface area contributed by atoms with Crippen molar-refractivity contribution in [1.82, 2.24) is 4.98 Å². The number of ether oxygens (including phenoxy) is 2. The molecule has 1 aromatic heterocycles. The Balaban J connectivity index is 1.79. The minimum atomic E-state index is -4.82. The summed E-state index contributed by atoms with van der Waals surface area (Å²) >= 11 is 0.867. The zero-order valence-electron chi connectivity index (χ0n) is 16.8. The molecular weight excluding hydrogens is 439 g/mol. The van der Waals surface area contributed by atoms with Crippen LogP contribution in [0, 0.1) is 10.1 Å². The van der Waals surface area contributed by atoms with Crippen LogP contribution in [0.2, 0.25) is 0 Å². The monoisotopic (exact) mass is 459 g/mol. The normalized spacial score (nSPS) is 21.2. The zero-order chi connectivity index (χ0) is 22.6. The number of fused-ring (bicyclic) bond motifs is 1. The lowest BCUT2D eigenvalue weighted by atomic mass is 10.0. The average molecular weight is 459 g/mol. The summed E-state index contributed by atoms with van der Waals surface area (Å²) in [6, 6.07) is 0.684. The highest BCUT2D eigenvalue weighted by Gasteiger charge is 2.43. The summed E-state index contributed by atoms with van der Waals surface area (Å²) in [4.78, 5) is 29.3. The largest absolute Gasteiger partial charge is 0.416 e. The van der Waals surface area contributed by atoms with Gasteiger partial charge in [-0.25, -0.2) is 0 Å². The van der Waals surface area contributed by atoms with Crippen LogP contribution in [0.5, 0.6) is 0 Å². The fourth-order valence-electron chi connectivity index (χ4n) is 4.16. The Labute approximate surface area is 178 Å². The Kier molecular flexibility index (Phi) is 5.42. The molecule has 2 aliphatic rings. The van der Waals surface area contributed by atoms with E-state index in [4.69, 9.17) is 9.47 Å². The Morgan fingerprint density at radius 2 is 2.06 bits per heavy atom. The Bertz CT molecular complexity index is 1100. The van der Waals surface area contributed by atoms with Gasteiger partial charge >= 0.3 is 6.18 Å². The van der Waals surface area contributed by atoms with Crippen molar-refractivity contribution in [3.05, 3.63) is 37.7 Å². The predicted octanol–water partition coefficient (Wildman–Crippen LogP) is 3.88. The van der Waals surface area contributed by atoms with Gasteiger partial charge in [0.1, 0.15) is 4.70 Å². The molecule has 0 N–H and O–H groups in total. The SMILES string of the molecule is CCc1c(C(F)(F)F)cc2c(=O)nc(N3CCC4(CC3)OCC(C)O4)sc2c1[N+](=O)[O-]. The molecule has 3 heterocycles. The van der Waals surface area contributed by atoms with Gasteiger partial charge in [0.15, 0.2) is 10.9 Å². The number of hydrogen-bond acceptors (Lipinski definition) is 8. The molecule has 0 amide bonds. The molecule has 0 radical (unpaired) electrons. The van der Waals surface area contributed by atoms with Gasteiger partial charge < -0.3 is 14.4 Å². The number of alkyl halides is 3. The van der Waals surface area contributed by atoms with E-state index in [1.165, 1.54) is 6.92 Å². The summed E-state index contributed by atoms with van der Waals surface area (Å²) in [5.74, 6) is -0.680. The number of nitro groups is 1. The summed E-state index contributed by atoms with van der Waals surface area (Å²) in [7, 11) is 0. The van der Waals surface area contributed by atoms with E-state index >= 15 is 0 Å². The molecule has 2 saturated heterocycles. The van der Waals surface area contributed by atoms with Crippen LogP contribution in [-0.4, -0.2) is 41.5 Å². The van der Waals surface area contributed by atoms with Gasteiger partial charge in [-0.1, -0.05) is 18.3 Å². The van der Waals surface area contributed by atoms with Crippen molar-refractivity contribution in [2.24, 2.45) is 0 Å². The van der Waals surface area contributed by atoms with Crippen LogP contribution in [0.1, 0.15) is 37.8 Å². The highest BCUT2D eigenvalue weighted by atomic mass is 32.1. The maximum Gasteiger partial charge on any atom is 0.416 e. The van der Waals surface area contributed by atoms with Crippen LogP contribution >= 0.6 is 11.3 Å². The second-order valence-corrected chi connectivity index (χ2v) is 8.65. The fraction of sp³-hybridized carbons (Fsp3) is 0.579. The molecule has 2 aromatic rings. The molecule has 1 aromatic carbocycles. The lowest BCUT2D eigenvalue weighted by molar-refractivity contribution is -0.383. The first-order valence-corrected chi connectivity index (χ1v) is 10.7. The van der Waals surface area contributed by atoms with Crippen LogP contribution in [0.3, 0.4) is 0 Å². The minimum Gasteiger partial charge on any atom is -0.348 e. The molecule has 0 bridgehead atoms. The molecule has 31 heavy (non-hydrogen) atoms. The first-order chi connectivity index (χ1) is 14.5. The maximum absolute atomic E-state index is 13.5. The average Bonchev–Trinajstić information content (AvgIpc) is 3.06. The van der Waals surface area contributed by atoms with Crippen molar-refractivity contribution in [3.63, 3.8) is 0 Å². The standard InChI is InChI=1S/C19H20F3N3O5S/c1-3-11-13(19(20,21)22)8-12-15(14(11)25(27)28)31-17(23-16(12)26)24-6-4-18(5-7-24)29-9-10(2)30-18/h8,10H,3-7,9H2,1-2H3. The van der Waals surface area contributed by atoms with Gasteiger partial charge in [0.05, 0.1) is 28.6 Å². The molecule has 12 heteroatoms. The number of aromatic nitrogens is 1. The third-order valence-electron chi connectivity index (χ3n) is 5.61. The number of nitrogens with zero attached hydrogens (tertiary/aromatic N) is 3. The molecule has 1 spiro atoms. The highest BCUT2D eigenvalue weighted by molar-refractivity contribution is 7.22. The van der Waals surface area contributed by atoms with E-state index in [0.717, 1.165) is 11.3 Å². The molecule has 1 unspecified atom stereocenters. The molecule has 8 nitrogen and oxygen atoms in total. The van der Waals surface area contributed by atoms with Crippen LogP contribution in [-0.2, 0) is 22.1 Å². The topological polar surface area (TPSA) is 94.8 Å². The van der Waals surface area contributed by atoms with E-state index in [2.05, 4.69) is 4.98 Å². The van der Waals surface area contributed by atoms with E-state index in [0.29, 0.717) is 38.6 Å². The predicted molar refractivity (Wildman–Crippen MR) is 108 cm³/mol. The number of rotatable bonds is 3. The molecule has 2 aliphatic heterocycles. The van der Waals surface area contributed by atoms with Crippen molar-refractivity contribution < 1.29 is 27.6 Å². The fourth-order valence-corrected chi connectivity index (χ4v) is 5.33. The molecule has 4 rings (SSSR count). The van der Waals surface area contributed by atoms with Crippen molar-refractivity contribution in [2.45, 2.75) is 51.2 Å². The summed E-state index contributed by atoms with van der Waals surface area (Å²) in [5, 5.41) is 11.6. The summed E-state index contributed by atoms with van der Waals surface area (Å²) in [6.45, 7) is 4.71. The number of nitro benzene ring substituents is 1. The van der Waals surface area contributed by atoms with Gasteiger partial charge in [0.2, 0.25) is 0 Å². The first-order valence-electron chi connectivity index (χ1n) is 9.83. The van der Waals surface area contributed by atoms with Crippen LogP contribution < -0.4 is 10.5 Å². The van der Waals surface area contributed by atoms with Crippen LogP contribution in [0.4, 0.5) is 24.0 Å². The highest BCUT2D eigenvalue weighted by Crippen LogP contribution is 2.43. The molecule has 168 valence electrons. The molecule has 0 saturated carbocycles. The molecule has 1 atom stereocenters. The molecular formula is C19H20F3N3O5S. The molecule has 0 aliphatic carbocycles. The number of anilines is 1. The van der Waals surface area contributed by atoms with Gasteiger partial charge in [-0.2, -0.15) is 18.2 Å². The Morgan fingerprint density at radius 3 is 2.58 bits per heavy atom. The summed E-state index contributed by atoms with van der Waals surface area (Å²) in [5.41, 5.74) is -3.19. The first kappa shape index (κ1) is 21.9. The van der Waals surface area contributed by atoms with Crippen molar-refractivity contribution >= 4 is 32.2 Å². The zero-order valence-corrected chi connectivity index (χ0v) is 17.6.